The molecular weight excluding hydrogens is 360 g/mol. The Labute approximate surface area is 169 Å². The van der Waals surface area contributed by atoms with Crippen LogP contribution in [0.25, 0.3) is 33.3 Å². The number of para-hydroxylation sites is 1. The smallest absolute Gasteiger partial charge is 0.164 e. The molecule has 1 aromatic carbocycles. The topological polar surface area (TPSA) is 79.4 Å². The van der Waals surface area contributed by atoms with Gasteiger partial charge in [0.05, 0.1) is 5.52 Å². The summed E-state index contributed by atoms with van der Waals surface area (Å²) in [6.07, 6.45) is 10.7. The van der Waals surface area contributed by atoms with Gasteiger partial charge in [0, 0.05) is 34.8 Å². The minimum atomic E-state index is 0.486. The zero-order valence-corrected chi connectivity index (χ0v) is 16.5. The second-order valence-corrected chi connectivity index (χ2v) is 8.60. The van der Waals surface area contributed by atoms with E-state index < -0.39 is 0 Å². The van der Waals surface area contributed by atoms with Crippen molar-refractivity contribution >= 4 is 27.8 Å². The summed E-state index contributed by atoms with van der Waals surface area (Å²) in [5, 5.41) is 5.89. The third-order valence-corrected chi connectivity index (χ3v) is 7.14. The number of aromatic nitrogens is 5. The van der Waals surface area contributed by atoms with Crippen LogP contribution < -0.4 is 5.32 Å². The number of aromatic amines is 1. The molecule has 6 nitrogen and oxygen atoms in total. The van der Waals surface area contributed by atoms with Crippen LogP contribution in [0.5, 0.6) is 0 Å². The summed E-state index contributed by atoms with van der Waals surface area (Å²) in [6, 6.07) is 8.76. The van der Waals surface area contributed by atoms with E-state index in [1.54, 1.807) is 6.33 Å². The summed E-state index contributed by atoms with van der Waals surface area (Å²) in [6.45, 7) is 2.41. The van der Waals surface area contributed by atoms with E-state index in [-0.39, 0.29) is 0 Å². The Kier molecular flexibility index (Phi) is 3.79. The number of nitrogens with one attached hydrogen (secondary N) is 2. The van der Waals surface area contributed by atoms with Gasteiger partial charge in [-0.25, -0.2) is 19.9 Å². The van der Waals surface area contributed by atoms with Crippen molar-refractivity contribution in [3.8, 4) is 11.4 Å². The van der Waals surface area contributed by atoms with Crippen LogP contribution in [0.1, 0.15) is 32.6 Å². The highest BCUT2D eigenvalue weighted by Gasteiger charge is 2.41. The average Bonchev–Trinajstić information content (AvgIpc) is 3.20. The highest BCUT2D eigenvalue weighted by atomic mass is 15.1. The van der Waals surface area contributed by atoms with Crippen molar-refractivity contribution in [3.63, 3.8) is 0 Å². The van der Waals surface area contributed by atoms with Crippen molar-refractivity contribution in [2.45, 2.75) is 38.6 Å². The number of anilines is 1. The van der Waals surface area contributed by atoms with Gasteiger partial charge in [-0.15, -0.1) is 0 Å². The molecule has 0 unspecified atom stereocenters. The molecule has 3 fully saturated rings. The molecule has 3 aliphatic carbocycles. The first-order chi connectivity index (χ1) is 14.3. The fourth-order valence-corrected chi connectivity index (χ4v) is 5.51. The number of benzene rings is 1. The summed E-state index contributed by atoms with van der Waals surface area (Å²) in [7, 11) is 0. The quantitative estimate of drug-likeness (QED) is 0.530. The third-order valence-electron chi connectivity index (χ3n) is 7.14. The summed E-state index contributed by atoms with van der Waals surface area (Å²) in [5.41, 5.74) is 2.70. The Bertz CT molecular complexity index is 1190. The standard InChI is InChI=1S/C23H24N6/c1-13-14-6-8-15(9-7-14)20(13)28-22-16-4-2-3-5-19(16)27-23(29-22)18-11-25-21-17(18)10-24-12-26-21/h2-5,10-15,20H,6-9H2,1H3,(H,24,25,26)(H,27,28,29)/t13-,14?,15?,20+/m0/s1. The van der Waals surface area contributed by atoms with Crippen LogP contribution in [0.4, 0.5) is 5.82 Å². The van der Waals surface area contributed by atoms with E-state index in [1.807, 2.05) is 18.5 Å². The first-order valence-corrected chi connectivity index (χ1v) is 10.6. The van der Waals surface area contributed by atoms with E-state index in [2.05, 4.69) is 45.4 Å². The summed E-state index contributed by atoms with van der Waals surface area (Å²) in [4.78, 5) is 21.6. The Hall–Kier alpha value is -3.02. The molecular formula is C23H24N6. The first-order valence-electron chi connectivity index (χ1n) is 10.6. The minimum Gasteiger partial charge on any atom is -0.366 e. The van der Waals surface area contributed by atoms with Gasteiger partial charge in [-0.3, -0.25) is 0 Å². The van der Waals surface area contributed by atoms with Crippen LogP contribution in [0, 0.1) is 17.8 Å². The van der Waals surface area contributed by atoms with Crippen molar-refractivity contribution < 1.29 is 0 Å². The molecule has 2 atom stereocenters. The van der Waals surface area contributed by atoms with Gasteiger partial charge in [0.2, 0.25) is 0 Å². The molecule has 0 spiro atoms. The molecule has 3 aromatic heterocycles. The predicted octanol–water partition coefficient (Wildman–Crippen LogP) is 4.80. The average molecular weight is 384 g/mol. The van der Waals surface area contributed by atoms with Crippen molar-refractivity contribution in [2.24, 2.45) is 17.8 Å². The number of hydrogen-bond acceptors (Lipinski definition) is 5. The highest BCUT2D eigenvalue weighted by molar-refractivity contribution is 5.95. The van der Waals surface area contributed by atoms with Gasteiger partial charge < -0.3 is 10.3 Å². The molecule has 0 radical (unpaired) electrons. The van der Waals surface area contributed by atoms with Crippen LogP contribution in [0.2, 0.25) is 0 Å². The van der Waals surface area contributed by atoms with E-state index in [4.69, 9.17) is 9.97 Å². The van der Waals surface area contributed by atoms with Crippen LogP contribution in [-0.2, 0) is 0 Å². The Morgan fingerprint density at radius 3 is 2.69 bits per heavy atom. The molecule has 3 heterocycles. The van der Waals surface area contributed by atoms with Gasteiger partial charge in [-0.05, 0) is 55.6 Å². The van der Waals surface area contributed by atoms with Crippen molar-refractivity contribution in [3.05, 3.63) is 43.0 Å². The Morgan fingerprint density at radius 2 is 1.83 bits per heavy atom. The number of nitrogens with zero attached hydrogens (tertiary/aromatic N) is 4. The molecule has 29 heavy (non-hydrogen) atoms. The second-order valence-electron chi connectivity index (χ2n) is 8.60. The van der Waals surface area contributed by atoms with Gasteiger partial charge in [0.25, 0.3) is 0 Å². The van der Waals surface area contributed by atoms with E-state index in [1.165, 1.54) is 25.7 Å². The lowest BCUT2D eigenvalue weighted by molar-refractivity contribution is 0.0929. The number of H-pyrrole nitrogens is 1. The molecule has 6 heteroatoms. The Morgan fingerprint density at radius 1 is 1.00 bits per heavy atom. The van der Waals surface area contributed by atoms with Crippen molar-refractivity contribution in [1.82, 2.24) is 24.9 Å². The molecule has 146 valence electrons. The first kappa shape index (κ1) is 16.9. The van der Waals surface area contributed by atoms with Crippen LogP contribution in [0.3, 0.4) is 0 Å². The van der Waals surface area contributed by atoms with Crippen molar-refractivity contribution in [2.75, 3.05) is 5.32 Å². The van der Waals surface area contributed by atoms with Crippen LogP contribution in [-0.4, -0.2) is 31.0 Å². The molecule has 0 amide bonds. The maximum atomic E-state index is 5.01. The molecule has 0 saturated heterocycles. The normalized spacial score (nSPS) is 26.2. The predicted molar refractivity (Wildman–Crippen MR) is 114 cm³/mol. The zero-order chi connectivity index (χ0) is 19.4. The number of fused-ring (bicyclic) bond motifs is 5. The lowest BCUT2D eigenvalue weighted by atomic mass is 9.62. The number of hydrogen-bond donors (Lipinski definition) is 2. The molecule has 3 aliphatic rings. The maximum absolute atomic E-state index is 5.01. The lowest BCUT2D eigenvalue weighted by Crippen LogP contribution is -2.47. The van der Waals surface area contributed by atoms with Gasteiger partial charge in [0.1, 0.15) is 17.8 Å². The number of rotatable bonds is 3. The third kappa shape index (κ3) is 2.69. The molecule has 4 aromatic rings. The lowest BCUT2D eigenvalue weighted by Gasteiger charge is -2.47. The van der Waals surface area contributed by atoms with E-state index in [0.29, 0.717) is 17.8 Å². The fraction of sp³-hybridized carbons (Fsp3) is 0.391. The maximum Gasteiger partial charge on any atom is 0.164 e. The van der Waals surface area contributed by atoms with Gasteiger partial charge >= 0.3 is 0 Å². The fourth-order valence-electron chi connectivity index (χ4n) is 5.51. The van der Waals surface area contributed by atoms with Gasteiger partial charge in [-0.1, -0.05) is 19.1 Å². The van der Waals surface area contributed by atoms with E-state index in [9.17, 15) is 0 Å². The SMILES string of the molecule is C[C@H]1C2CCC(CC2)[C@@H]1Nc1nc(-c2c[nH]c3ncncc23)nc2ccccc12. The second kappa shape index (κ2) is 6.51. The Balaban J connectivity index is 1.47. The van der Waals surface area contributed by atoms with Gasteiger partial charge in [0.15, 0.2) is 5.82 Å². The molecule has 0 aliphatic heterocycles. The zero-order valence-electron chi connectivity index (χ0n) is 16.5. The van der Waals surface area contributed by atoms with Crippen LogP contribution in [0.15, 0.2) is 43.0 Å². The van der Waals surface area contributed by atoms with Gasteiger partial charge in [-0.2, -0.15) is 0 Å². The molecule has 2 N–H and O–H groups in total. The molecule has 3 saturated carbocycles. The van der Waals surface area contributed by atoms with Crippen molar-refractivity contribution in [1.29, 1.82) is 0 Å². The molecule has 2 bridgehead atoms. The highest BCUT2D eigenvalue weighted by Crippen LogP contribution is 2.46. The van der Waals surface area contributed by atoms with Crippen LogP contribution >= 0.6 is 0 Å². The van der Waals surface area contributed by atoms with E-state index in [0.717, 1.165) is 45.2 Å². The minimum absolute atomic E-state index is 0.486. The monoisotopic (exact) mass is 384 g/mol. The summed E-state index contributed by atoms with van der Waals surface area (Å²) < 4.78 is 0. The largest absolute Gasteiger partial charge is 0.366 e. The molecule has 7 rings (SSSR count). The van der Waals surface area contributed by atoms with E-state index >= 15 is 0 Å². The summed E-state index contributed by atoms with van der Waals surface area (Å²) in [5.74, 6) is 3.92. The summed E-state index contributed by atoms with van der Waals surface area (Å²) >= 11 is 0.